The summed E-state index contributed by atoms with van der Waals surface area (Å²) in [6.07, 6.45) is 5.43. The number of rotatable bonds is 3. The molecule has 1 amide bonds. The molecule has 2 saturated heterocycles. The number of amides is 1. The predicted molar refractivity (Wildman–Crippen MR) is 78.4 cm³/mol. The number of piperidine rings is 1. The Morgan fingerprint density at radius 2 is 2.43 bits per heavy atom. The van der Waals surface area contributed by atoms with Gasteiger partial charge in [-0.25, -0.2) is 4.98 Å². The fourth-order valence-corrected chi connectivity index (χ4v) is 4.21. The van der Waals surface area contributed by atoms with Gasteiger partial charge in [0.25, 0.3) is 0 Å². The number of carbonyl (C=O) groups is 1. The Bertz CT molecular complexity index is 504. The Balaban J connectivity index is 1.71. The van der Waals surface area contributed by atoms with Crippen molar-refractivity contribution in [2.75, 3.05) is 19.7 Å². The van der Waals surface area contributed by atoms with E-state index < -0.39 is 5.54 Å². The Morgan fingerprint density at radius 3 is 3.05 bits per heavy atom. The minimum absolute atomic E-state index is 0.0418. The normalized spacial score (nSPS) is 33.2. The van der Waals surface area contributed by atoms with E-state index in [1.54, 1.807) is 13.3 Å². The first-order valence-corrected chi connectivity index (χ1v) is 7.64. The predicted octanol–water partition coefficient (Wildman–Crippen LogP) is 0.603. The van der Waals surface area contributed by atoms with Crippen molar-refractivity contribution in [3.05, 3.63) is 18.2 Å². The maximum absolute atomic E-state index is 12.0. The van der Waals surface area contributed by atoms with Gasteiger partial charge in [-0.1, -0.05) is 0 Å². The van der Waals surface area contributed by atoms with Crippen LogP contribution in [0.4, 0.5) is 0 Å². The van der Waals surface area contributed by atoms with Crippen LogP contribution in [0.1, 0.15) is 32.4 Å². The first-order chi connectivity index (χ1) is 10.0. The number of fused-ring (bicyclic) bond motifs is 1. The number of aliphatic hydroxyl groups excluding tert-OH is 1. The molecule has 0 unspecified atom stereocenters. The van der Waals surface area contributed by atoms with Crippen molar-refractivity contribution in [3.8, 4) is 0 Å². The monoisotopic (exact) mass is 292 g/mol. The number of aliphatic hydroxyl groups is 1. The summed E-state index contributed by atoms with van der Waals surface area (Å²) in [7, 11) is 0. The summed E-state index contributed by atoms with van der Waals surface area (Å²) in [5.41, 5.74) is 0.727. The van der Waals surface area contributed by atoms with Crippen LogP contribution < -0.4 is 0 Å². The van der Waals surface area contributed by atoms with Gasteiger partial charge in [0.1, 0.15) is 0 Å². The van der Waals surface area contributed by atoms with Crippen LogP contribution in [0.3, 0.4) is 0 Å². The highest BCUT2D eigenvalue weighted by Crippen LogP contribution is 2.42. The molecular weight excluding hydrogens is 268 g/mol. The molecule has 0 aliphatic carbocycles. The van der Waals surface area contributed by atoms with Crippen LogP contribution in [0, 0.1) is 5.92 Å². The van der Waals surface area contributed by atoms with Gasteiger partial charge in [-0.2, -0.15) is 0 Å². The number of nitrogens with one attached hydrogen (secondary N) is 1. The van der Waals surface area contributed by atoms with E-state index in [0.29, 0.717) is 5.92 Å². The van der Waals surface area contributed by atoms with Crippen molar-refractivity contribution < 1.29 is 9.90 Å². The summed E-state index contributed by atoms with van der Waals surface area (Å²) < 4.78 is 0. The van der Waals surface area contributed by atoms with Crippen molar-refractivity contribution in [3.63, 3.8) is 0 Å². The molecular formula is C15H24N4O2. The third-order valence-corrected chi connectivity index (χ3v) is 5.02. The number of nitrogens with zero attached hydrogens (tertiary/aromatic N) is 3. The molecule has 2 N–H and O–H groups in total. The molecule has 3 atom stereocenters. The van der Waals surface area contributed by atoms with Crippen molar-refractivity contribution in [2.24, 2.45) is 5.92 Å². The molecule has 3 heterocycles. The number of hydrogen-bond acceptors (Lipinski definition) is 4. The van der Waals surface area contributed by atoms with Gasteiger partial charge in [0.15, 0.2) is 0 Å². The summed E-state index contributed by atoms with van der Waals surface area (Å²) >= 11 is 0. The molecule has 0 radical (unpaired) electrons. The largest absolute Gasteiger partial charge is 0.394 e. The number of carbonyl (C=O) groups excluding carboxylic acids is 1. The van der Waals surface area contributed by atoms with Crippen LogP contribution in [0.25, 0.3) is 0 Å². The van der Waals surface area contributed by atoms with Crippen LogP contribution in [0.5, 0.6) is 0 Å². The van der Waals surface area contributed by atoms with Crippen molar-refractivity contribution in [2.45, 2.75) is 44.8 Å². The van der Waals surface area contributed by atoms with E-state index in [-0.39, 0.29) is 18.6 Å². The number of aromatic nitrogens is 2. The van der Waals surface area contributed by atoms with Crippen molar-refractivity contribution in [1.82, 2.24) is 19.8 Å². The number of likely N-dealkylation sites (tertiary alicyclic amines) is 2. The molecule has 2 aliphatic rings. The van der Waals surface area contributed by atoms with Gasteiger partial charge in [0.2, 0.25) is 5.91 Å². The fourth-order valence-electron chi connectivity index (χ4n) is 4.21. The van der Waals surface area contributed by atoms with Gasteiger partial charge >= 0.3 is 0 Å². The molecule has 0 spiro atoms. The SMILES string of the molecule is CC(=O)N1[C@H]2CCN(Cc3cnc[nH]3)C[C@@H]2C[C@]1(C)CO. The highest BCUT2D eigenvalue weighted by atomic mass is 16.3. The number of H-pyrrole nitrogens is 1. The molecule has 0 bridgehead atoms. The second-order valence-corrected chi connectivity index (χ2v) is 6.68. The Hall–Kier alpha value is -1.40. The Morgan fingerprint density at radius 1 is 1.62 bits per heavy atom. The standard InChI is InChI=1S/C15H24N4O2/c1-11(21)19-14-3-4-18(8-13-6-16-10-17-13)7-12(14)5-15(19,2)9-20/h6,10,12,14,20H,3-5,7-9H2,1-2H3,(H,16,17)/t12-,14-,15+/m0/s1. The van der Waals surface area contributed by atoms with Crippen LogP contribution in [-0.4, -0.2) is 62.1 Å². The average molecular weight is 292 g/mol. The van der Waals surface area contributed by atoms with E-state index in [0.717, 1.165) is 38.2 Å². The molecule has 6 nitrogen and oxygen atoms in total. The van der Waals surface area contributed by atoms with E-state index in [1.165, 1.54) is 0 Å². The Kier molecular flexibility index (Phi) is 3.75. The molecule has 116 valence electrons. The lowest BCUT2D eigenvalue weighted by Crippen LogP contribution is -2.52. The highest BCUT2D eigenvalue weighted by molar-refractivity contribution is 5.75. The summed E-state index contributed by atoms with van der Waals surface area (Å²) in [5.74, 6) is 0.531. The molecule has 0 aromatic carbocycles. The summed E-state index contributed by atoms with van der Waals surface area (Å²) in [6, 6.07) is 0.276. The van der Waals surface area contributed by atoms with Crippen LogP contribution in [-0.2, 0) is 11.3 Å². The van der Waals surface area contributed by atoms with Crippen LogP contribution >= 0.6 is 0 Å². The fraction of sp³-hybridized carbons (Fsp3) is 0.733. The molecule has 2 fully saturated rings. The summed E-state index contributed by atoms with van der Waals surface area (Å²) in [4.78, 5) is 23.5. The van der Waals surface area contributed by atoms with Crippen LogP contribution in [0.2, 0.25) is 0 Å². The number of aromatic amines is 1. The van der Waals surface area contributed by atoms with Crippen molar-refractivity contribution in [1.29, 1.82) is 0 Å². The quantitative estimate of drug-likeness (QED) is 0.856. The van der Waals surface area contributed by atoms with Gasteiger partial charge in [-0.3, -0.25) is 9.69 Å². The van der Waals surface area contributed by atoms with Gasteiger partial charge in [-0.15, -0.1) is 0 Å². The zero-order valence-electron chi connectivity index (χ0n) is 12.7. The van der Waals surface area contributed by atoms with Gasteiger partial charge in [0, 0.05) is 44.5 Å². The van der Waals surface area contributed by atoms with E-state index in [1.807, 2.05) is 18.0 Å². The van der Waals surface area contributed by atoms with E-state index in [9.17, 15) is 9.90 Å². The van der Waals surface area contributed by atoms with E-state index >= 15 is 0 Å². The van der Waals surface area contributed by atoms with Crippen LogP contribution in [0.15, 0.2) is 12.5 Å². The second kappa shape index (κ2) is 5.42. The summed E-state index contributed by atoms with van der Waals surface area (Å²) in [5, 5.41) is 9.74. The average Bonchev–Trinajstić information content (AvgIpc) is 3.03. The molecule has 1 aromatic heterocycles. The second-order valence-electron chi connectivity index (χ2n) is 6.68. The van der Waals surface area contributed by atoms with Crippen molar-refractivity contribution >= 4 is 5.91 Å². The Labute approximate surface area is 125 Å². The lowest BCUT2D eigenvalue weighted by molar-refractivity contribution is -0.137. The minimum Gasteiger partial charge on any atom is -0.394 e. The van der Waals surface area contributed by atoms with Gasteiger partial charge in [0.05, 0.1) is 18.5 Å². The molecule has 3 rings (SSSR count). The highest BCUT2D eigenvalue weighted by Gasteiger charge is 2.51. The number of hydrogen-bond donors (Lipinski definition) is 2. The van der Waals surface area contributed by atoms with E-state index in [2.05, 4.69) is 14.9 Å². The first-order valence-electron chi connectivity index (χ1n) is 7.64. The molecule has 2 aliphatic heterocycles. The molecule has 6 heteroatoms. The maximum atomic E-state index is 12.0. The lowest BCUT2D eigenvalue weighted by atomic mass is 9.89. The number of imidazole rings is 1. The molecule has 1 aromatic rings. The zero-order chi connectivity index (χ0) is 15.0. The lowest BCUT2D eigenvalue weighted by Gasteiger charge is -2.40. The minimum atomic E-state index is -0.398. The third kappa shape index (κ3) is 2.58. The maximum Gasteiger partial charge on any atom is 0.220 e. The molecule has 21 heavy (non-hydrogen) atoms. The summed E-state index contributed by atoms with van der Waals surface area (Å²) in [6.45, 7) is 6.49. The van der Waals surface area contributed by atoms with Gasteiger partial charge in [-0.05, 0) is 25.7 Å². The topological polar surface area (TPSA) is 72.5 Å². The molecule has 0 saturated carbocycles. The third-order valence-electron chi connectivity index (χ3n) is 5.02. The van der Waals surface area contributed by atoms with E-state index in [4.69, 9.17) is 0 Å². The first kappa shape index (κ1) is 14.5. The smallest absolute Gasteiger partial charge is 0.220 e. The van der Waals surface area contributed by atoms with Gasteiger partial charge < -0.3 is 15.0 Å². The zero-order valence-corrected chi connectivity index (χ0v) is 12.7.